The van der Waals surface area contributed by atoms with Gasteiger partial charge in [-0.15, -0.1) is 11.3 Å². The number of thiazole rings is 1. The molecule has 2 rings (SSSR count). The van der Waals surface area contributed by atoms with Crippen LogP contribution < -0.4 is 10.6 Å². The largest absolute Gasteiger partial charge is 0.465 e. The van der Waals surface area contributed by atoms with E-state index in [0.717, 1.165) is 10.6 Å². The molecule has 2 N–H and O–H groups in total. The fourth-order valence-electron chi connectivity index (χ4n) is 1.46. The van der Waals surface area contributed by atoms with E-state index in [1.807, 2.05) is 13.8 Å². The number of furan rings is 1. The van der Waals surface area contributed by atoms with Crippen molar-refractivity contribution in [3.05, 3.63) is 40.8 Å². The van der Waals surface area contributed by atoms with E-state index < -0.39 is 0 Å². The first-order chi connectivity index (χ1) is 10.0. The van der Waals surface area contributed by atoms with Crippen LogP contribution in [0.25, 0.3) is 6.08 Å². The van der Waals surface area contributed by atoms with E-state index in [1.165, 1.54) is 29.8 Å². The van der Waals surface area contributed by atoms with E-state index in [-0.39, 0.29) is 18.4 Å². The van der Waals surface area contributed by atoms with E-state index in [4.69, 9.17) is 4.42 Å². The molecule has 0 aromatic carbocycles. The second-order valence-electron chi connectivity index (χ2n) is 4.28. The molecular formula is C14H15N3O3S. The summed E-state index contributed by atoms with van der Waals surface area (Å²) in [6.07, 6.45) is 4.35. The second-order valence-corrected chi connectivity index (χ2v) is 5.48. The van der Waals surface area contributed by atoms with Gasteiger partial charge < -0.3 is 15.1 Å². The Morgan fingerprint density at radius 3 is 2.86 bits per heavy atom. The average molecular weight is 305 g/mol. The third kappa shape index (κ3) is 4.57. The first kappa shape index (κ1) is 15.0. The van der Waals surface area contributed by atoms with Gasteiger partial charge in [0.1, 0.15) is 5.76 Å². The first-order valence-corrected chi connectivity index (χ1v) is 7.09. The molecule has 2 amide bonds. The molecule has 0 radical (unpaired) electrons. The molecule has 0 aliphatic carbocycles. The highest BCUT2D eigenvalue weighted by Gasteiger charge is 2.08. The Bertz CT molecular complexity index is 640. The summed E-state index contributed by atoms with van der Waals surface area (Å²) in [5, 5.41) is 5.66. The van der Waals surface area contributed by atoms with Crippen LogP contribution in [0, 0.1) is 13.8 Å². The van der Waals surface area contributed by atoms with Crippen molar-refractivity contribution >= 4 is 34.4 Å². The van der Waals surface area contributed by atoms with Crippen LogP contribution in [0.1, 0.15) is 16.3 Å². The lowest BCUT2D eigenvalue weighted by Crippen LogP contribution is -2.31. The summed E-state index contributed by atoms with van der Waals surface area (Å²) >= 11 is 1.40. The summed E-state index contributed by atoms with van der Waals surface area (Å²) in [4.78, 5) is 28.4. The van der Waals surface area contributed by atoms with Crippen LogP contribution in [-0.2, 0) is 9.59 Å². The SMILES string of the molecule is Cc1nc(NC(=O)CNC(=O)/C=C/c2ccco2)sc1C. The second kappa shape index (κ2) is 6.85. The van der Waals surface area contributed by atoms with E-state index in [1.54, 1.807) is 12.1 Å². The molecular weight excluding hydrogens is 290 g/mol. The fraction of sp³-hybridized carbons (Fsp3) is 0.214. The zero-order chi connectivity index (χ0) is 15.2. The standard InChI is InChI=1S/C14H15N3O3S/c1-9-10(2)21-14(16-9)17-13(19)8-15-12(18)6-5-11-4-3-7-20-11/h3-7H,8H2,1-2H3,(H,15,18)(H,16,17,19)/b6-5+. The van der Waals surface area contributed by atoms with Crippen molar-refractivity contribution in [3.8, 4) is 0 Å². The molecule has 0 fully saturated rings. The fourth-order valence-corrected chi connectivity index (χ4v) is 2.29. The average Bonchev–Trinajstić information content (AvgIpc) is 3.05. The summed E-state index contributed by atoms with van der Waals surface area (Å²) in [6.45, 7) is 3.70. The van der Waals surface area contributed by atoms with Crippen LogP contribution >= 0.6 is 11.3 Å². The molecule has 21 heavy (non-hydrogen) atoms. The number of carbonyl (C=O) groups is 2. The minimum Gasteiger partial charge on any atom is -0.465 e. The molecule has 2 heterocycles. The third-order valence-electron chi connectivity index (χ3n) is 2.64. The molecule has 2 aromatic heterocycles. The van der Waals surface area contributed by atoms with Crippen LogP contribution in [-0.4, -0.2) is 23.3 Å². The molecule has 0 aliphatic heterocycles. The van der Waals surface area contributed by atoms with Crippen molar-refractivity contribution in [2.24, 2.45) is 0 Å². The van der Waals surface area contributed by atoms with Crippen molar-refractivity contribution in [1.29, 1.82) is 0 Å². The van der Waals surface area contributed by atoms with Gasteiger partial charge in [-0.1, -0.05) is 0 Å². The lowest BCUT2D eigenvalue weighted by Gasteiger charge is -2.02. The van der Waals surface area contributed by atoms with Gasteiger partial charge in [-0.05, 0) is 32.1 Å². The number of anilines is 1. The summed E-state index contributed by atoms with van der Waals surface area (Å²) in [5.74, 6) is -0.111. The van der Waals surface area contributed by atoms with Gasteiger partial charge in [0.05, 0.1) is 18.5 Å². The number of nitrogens with one attached hydrogen (secondary N) is 2. The van der Waals surface area contributed by atoms with Crippen molar-refractivity contribution in [1.82, 2.24) is 10.3 Å². The molecule has 0 spiro atoms. The normalized spacial score (nSPS) is 10.8. The Balaban J connectivity index is 1.77. The van der Waals surface area contributed by atoms with Crippen LogP contribution in [0.3, 0.4) is 0 Å². The lowest BCUT2D eigenvalue weighted by molar-refractivity contribution is -0.121. The van der Waals surface area contributed by atoms with Crippen LogP contribution in [0.5, 0.6) is 0 Å². The van der Waals surface area contributed by atoms with Gasteiger partial charge in [-0.2, -0.15) is 0 Å². The summed E-state index contributed by atoms with van der Waals surface area (Å²) in [5.41, 5.74) is 0.890. The molecule has 0 saturated heterocycles. The number of aromatic nitrogens is 1. The van der Waals surface area contributed by atoms with E-state index in [9.17, 15) is 9.59 Å². The molecule has 110 valence electrons. The Morgan fingerprint density at radius 1 is 1.43 bits per heavy atom. The topological polar surface area (TPSA) is 84.2 Å². The number of nitrogens with zero attached hydrogens (tertiary/aromatic N) is 1. The molecule has 0 unspecified atom stereocenters. The summed E-state index contributed by atoms with van der Waals surface area (Å²) in [7, 11) is 0. The Hall–Kier alpha value is -2.41. The summed E-state index contributed by atoms with van der Waals surface area (Å²) in [6, 6.07) is 3.45. The summed E-state index contributed by atoms with van der Waals surface area (Å²) < 4.78 is 5.05. The molecule has 6 nitrogen and oxygen atoms in total. The van der Waals surface area contributed by atoms with Gasteiger partial charge >= 0.3 is 0 Å². The smallest absolute Gasteiger partial charge is 0.245 e. The van der Waals surface area contributed by atoms with Gasteiger partial charge in [-0.25, -0.2) is 4.98 Å². The van der Waals surface area contributed by atoms with Crippen molar-refractivity contribution < 1.29 is 14.0 Å². The maximum absolute atomic E-state index is 11.7. The van der Waals surface area contributed by atoms with Gasteiger partial charge in [-0.3, -0.25) is 9.59 Å². The van der Waals surface area contributed by atoms with Crippen LogP contribution in [0.15, 0.2) is 28.9 Å². The van der Waals surface area contributed by atoms with Gasteiger partial charge in [0.25, 0.3) is 0 Å². The third-order valence-corrected chi connectivity index (χ3v) is 3.63. The minimum atomic E-state index is -0.368. The highest BCUT2D eigenvalue weighted by molar-refractivity contribution is 7.15. The number of carbonyl (C=O) groups excluding carboxylic acids is 2. The first-order valence-electron chi connectivity index (χ1n) is 6.28. The van der Waals surface area contributed by atoms with Gasteiger partial charge in [0.15, 0.2) is 5.13 Å². The number of hydrogen-bond donors (Lipinski definition) is 2. The number of amides is 2. The monoisotopic (exact) mass is 305 g/mol. The van der Waals surface area contributed by atoms with E-state index in [2.05, 4.69) is 15.6 Å². The molecule has 7 heteroatoms. The number of aryl methyl sites for hydroxylation is 2. The Kier molecular flexibility index (Phi) is 4.89. The quantitative estimate of drug-likeness (QED) is 0.829. The zero-order valence-electron chi connectivity index (χ0n) is 11.7. The maximum atomic E-state index is 11.7. The maximum Gasteiger partial charge on any atom is 0.245 e. The highest BCUT2D eigenvalue weighted by atomic mass is 32.1. The predicted octanol–water partition coefficient (Wildman–Crippen LogP) is 2.12. The molecule has 0 bridgehead atoms. The zero-order valence-corrected chi connectivity index (χ0v) is 12.5. The van der Waals surface area contributed by atoms with Gasteiger partial charge in [0, 0.05) is 11.0 Å². The van der Waals surface area contributed by atoms with Crippen molar-refractivity contribution in [2.75, 3.05) is 11.9 Å². The lowest BCUT2D eigenvalue weighted by atomic mass is 10.4. The highest BCUT2D eigenvalue weighted by Crippen LogP contribution is 2.20. The van der Waals surface area contributed by atoms with Crippen molar-refractivity contribution in [2.45, 2.75) is 13.8 Å². The van der Waals surface area contributed by atoms with E-state index >= 15 is 0 Å². The number of rotatable bonds is 5. The Labute approximate surface area is 125 Å². The van der Waals surface area contributed by atoms with Gasteiger partial charge in [0.2, 0.25) is 11.8 Å². The Morgan fingerprint density at radius 2 is 2.24 bits per heavy atom. The molecule has 2 aromatic rings. The van der Waals surface area contributed by atoms with E-state index in [0.29, 0.717) is 10.9 Å². The molecule has 0 saturated carbocycles. The number of hydrogen-bond acceptors (Lipinski definition) is 5. The van der Waals surface area contributed by atoms with Crippen LogP contribution in [0.2, 0.25) is 0 Å². The van der Waals surface area contributed by atoms with Crippen molar-refractivity contribution in [3.63, 3.8) is 0 Å². The predicted molar refractivity (Wildman–Crippen MR) is 81.0 cm³/mol. The molecule has 0 atom stereocenters. The minimum absolute atomic E-state index is 0.112. The molecule has 0 aliphatic rings. The van der Waals surface area contributed by atoms with Crippen LogP contribution in [0.4, 0.5) is 5.13 Å².